The first-order valence-electron chi connectivity index (χ1n) is 4.71. The van der Waals surface area contributed by atoms with Gasteiger partial charge in [-0.25, -0.2) is 3.11 Å². The molecule has 0 heterocycles. The average molecular weight is 305 g/mol. The summed E-state index contributed by atoms with van der Waals surface area (Å²) in [5.74, 6) is 0.343. The van der Waals surface area contributed by atoms with Gasteiger partial charge in [-0.05, 0) is 44.0 Å². The van der Waals surface area contributed by atoms with Crippen LogP contribution in [0.4, 0.5) is 0 Å². The number of rotatable bonds is 3. The maximum absolute atomic E-state index is 9.27. The Hall–Kier alpha value is -0.290. The summed E-state index contributed by atoms with van der Waals surface area (Å²) in [6.07, 6.45) is 0. The molecule has 0 amide bonds. The van der Waals surface area contributed by atoms with Gasteiger partial charge in [0.05, 0.1) is 0 Å². The first-order valence-corrected chi connectivity index (χ1v) is 5.68. The van der Waals surface area contributed by atoms with Crippen LogP contribution in [0.25, 0.3) is 0 Å². The van der Waals surface area contributed by atoms with Crippen LogP contribution >= 0.6 is 22.9 Å². The van der Waals surface area contributed by atoms with Crippen molar-refractivity contribution in [2.24, 2.45) is 0 Å². The predicted molar refractivity (Wildman–Crippen MR) is 67.5 cm³/mol. The third-order valence-electron chi connectivity index (χ3n) is 2.21. The number of phenolic OH excluding ortho intramolecular Hbond substituents is 1. The van der Waals surface area contributed by atoms with Crippen molar-refractivity contribution < 1.29 is 5.11 Å². The molecule has 0 atom stereocenters. The number of halogens is 1. The van der Waals surface area contributed by atoms with E-state index in [1.807, 2.05) is 13.0 Å². The molecule has 0 saturated heterocycles. The standard InChI is InChI=1S/C11H16INO/c1-8(2)13(12)7-10-4-5-11(14)6-9(10)3/h4-6,8,14H,7H2,1-3H3. The SMILES string of the molecule is Cc1cc(O)ccc1CN(I)C(C)C. The van der Waals surface area contributed by atoms with Crippen LogP contribution in [0.3, 0.4) is 0 Å². The molecule has 1 rings (SSSR count). The van der Waals surface area contributed by atoms with Crippen molar-refractivity contribution in [3.63, 3.8) is 0 Å². The van der Waals surface area contributed by atoms with Crippen LogP contribution in [-0.2, 0) is 6.54 Å². The lowest BCUT2D eigenvalue weighted by molar-refractivity contribution is 0.424. The Morgan fingerprint density at radius 3 is 2.57 bits per heavy atom. The second kappa shape index (κ2) is 4.98. The van der Waals surface area contributed by atoms with E-state index in [1.54, 1.807) is 12.1 Å². The molecule has 0 unspecified atom stereocenters. The van der Waals surface area contributed by atoms with Gasteiger partial charge in [-0.1, -0.05) is 6.07 Å². The minimum Gasteiger partial charge on any atom is -0.508 e. The van der Waals surface area contributed by atoms with Gasteiger partial charge in [-0.15, -0.1) is 0 Å². The summed E-state index contributed by atoms with van der Waals surface area (Å²) in [6, 6.07) is 6.07. The minimum absolute atomic E-state index is 0.343. The van der Waals surface area contributed by atoms with E-state index in [0.717, 1.165) is 12.1 Å². The molecule has 0 bridgehead atoms. The van der Waals surface area contributed by atoms with E-state index >= 15 is 0 Å². The predicted octanol–water partition coefficient (Wildman–Crippen LogP) is 3.26. The largest absolute Gasteiger partial charge is 0.508 e. The summed E-state index contributed by atoms with van der Waals surface area (Å²) >= 11 is 2.33. The molecule has 0 fully saturated rings. The van der Waals surface area contributed by atoms with Crippen LogP contribution in [0.15, 0.2) is 18.2 Å². The van der Waals surface area contributed by atoms with E-state index in [-0.39, 0.29) is 0 Å². The number of aromatic hydroxyl groups is 1. The minimum atomic E-state index is 0.343. The molecule has 0 aliphatic rings. The fourth-order valence-corrected chi connectivity index (χ4v) is 1.57. The Morgan fingerprint density at radius 2 is 2.07 bits per heavy atom. The maximum atomic E-state index is 9.27. The normalized spacial score (nSPS) is 11.3. The molecule has 2 nitrogen and oxygen atoms in total. The van der Waals surface area contributed by atoms with Crippen molar-refractivity contribution in [3.05, 3.63) is 29.3 Å². The number of hydrogen-bond acceptors (Lipinski definition) is 2. The van der Waals surface area contributed by atoms with Crippen molar-refractivity contribution in [2.45, 2.75) is 33.4 Å². The Kier molecular flexibility index (Phi) is 4.19. The van der Waals surface area contributed by atoms with E-state index < -0.39 is 0 Å². The van der Waals surface area contributed by atoms with E-state index in [1.165, 1.54) is 5.56 Å². The number of hydrogen-bond donors (Lipinski definition) is 1. The maximum Gasteiger partial charge on any atom is 0.115 e. The Bertz CT molecular complexity index is 312. The van der Waals surface area contributed by atoms with Crippen molar-refractivity contribution in [1.29, 1.82) is 0 Å². The molecule has 0 aliphatic heterocycles. The zero-order valence-electron chi connectivity index (χ0n) is 8.79. The molecule has 0 aliphatic carbocycles. The first kappa shape index (κ1) is 11.8. The Labute approximate surface area is 99.4 Å². The summed E-state index contributed by atoms with van der Waals surface area (Å²) < 4.78 is 2.25. The molecule has 3 heteroatoms. The second-order valence-corrected chi connectivity index (χ2v) is 5.00. The molecule has 0 saturated carbocycles. The van der Waals surface area contributed by atoms with Gasteiger partial charge in [0.25, 0.3) is 0 Å². The molecule has 0 radical (unpaired) electrons. The van der Waals surface area contributed by atoms with E-state index in [4.69, 9.17) is 0 Å². The van der Waals surface area contributed by atoms with E-state index in [0.29, 0.717) is 11.8 Å². The highest BCUT2D eigenvalue weighted by atomic mass is 127. The number of aryl methyl sites for hydroxylation is 1. The second-order valence-electron chi connectivity index (χ2n) is 3.76. The van der Waals surface area contributed by atoms with Crippen LogP contribution in [0.1, 0.15) is 25.0 Å². The smallest absolute Gasteiger partial charge is 0.115 e. The fraction of sp³-hybridized carbons (Fsp3) is 0.455. The zero-order chi connectivity index (χ0) is 10.7. The lowest BCUT2D eigenvalue weighted by Crippen LogP contribution is -2.19. The van der Waals surface area contributed by atoms with Crippen LogP contribution in [0.2, 0.25) is 0 Å². The number of benzene rings is 1. The van der Waals surface area contributed by atoms with Gasteiger partial charge in [0.15, 0.2) is 0 Å². The third kappa shape index (κ3) is 3.13. The molecule has 1 aromatic carbocycles. The summed E-state index contributed by atoms with van der Waals surface area (Å²) in [5, 5.41) is 9.27. The highest BCUT2D eigenvalue weighted by Gasteiger charge is 2.07. The summed E-state index contributed by atoms with van der Waals surface area (Å²) in [6.45, 7) is 7.29. The highest BCUT2D eigenvalue weighted by molar-refractivity contribution is 14.1. The third-order valence-corrected chi connectivity index (χ3v) is 3.66. The molecule has 14 heavy (non-hydrogen) atoms. The molecule has 0 spiro atoms. The molecule has 1 aromatic rings. The van der Waals surface area contributed by atoms with Gasteiger partial charge < -0.3 is 5.11 Å². The summed E-state index contributed by atoms with van der Waals surface area (Å²) in [4.78, 5) is 0. The molecule has 0 aromatic heterocycles. The fourth-order valence-electron chi connectivity index (χ4n) is 1.20. The van der Waals surface area contributed by atoms with Gasteiger partial charge in [0.2, 0.25) is 0 Å². The highest BCUT2D eigenvalue weighted by Crippen LogP contribution is 2.19. The monoisotopic (exact) mass is 305 g/mol. The number of nitrogens with zero attached hydrogens (tertiary/aromatic N) is 1. The lowest BCUT2D eigenvalue weighted by atomic mass is 10.1. The lowest BCUT2D eigenvalue weighted by Gasteiger charge is -2.19. The van der Waals surface area contributed by atoms with Gasteiger partial charge >= 0.3 is 0 Å². The molecule has 1 N–H and O–H groups in total. The molecular formula is C11H16INO. The van der Waals surface area contributed by atoms with E-state index in [9.17, 15) is 5.11 Å². The summed E-state index contributed by atoms with van der Waals surface area (Å²) in [5.41, 5.74) is 2.42. The topological polar surface area (TPSA) is 23.5 Å². The quantitative estimate of drug-likeness (QED) is 0.684. The van der Waals surface area contributed by atoms with Gasteiger partial charge in [0.1, 0.15) is 5.75 Å². The number of phenols is 1. The van der Waals surface area contributed by atoms with E-state index in [2.05, 4.69) is 39.8 Å². The Morgan fingerprint density at radius 1 is 1.43 bits per heavy atom. The first-order chi connectivity index (χ1) is 6.50. The van der Waals surface area contributed by atoms with Crippen LogP contribution < -0.4 is 0 Å². The average Bonchev–Trinajstić information content (AvgIpc) is 2.09. The van der Waals surface area contributed by atoms with Crippen molar-refractivity contribution in [1.82, 2.24) is 3.11 Å². The van der Waals surface area contributed by atoms with Crippen molar-refractivity contribution in [2.75, 3.05) is 0 Å². The van der Waals surface area contributed by atoms with Crippen molar-refractivity contribution >= 4 is 22.9 Å². The van der Waals surface area contributed by atoms with Gasteiger partial charge in [-0.2, -0.15) is 0 Å². The molecular weight excluding hydrogens is 289 g/mol. The van der Waals surface area contributed by atoms with Crippen LogP contribution in [-0.4, -0.2) is 14.3 Å². The Balaban J connectivity index is 2.77. The van der Waals surface area contributed by atoms with Gasteiger partial charge in [0, 0.05) is 35.5 Å². The van der Waals surface area contributed by atoms with Crippen LogP contribution in [0.5, 0.6) is 5.75 Å². The zero-order valence-corrected chi connectivity index (χ0v) is 10.9. The van der Waals surface area contributed by atoms with Crippen LogP contribution in [0, 0.1) is 6.92 Å². The van der Waals surface area contributed by atoms with Crippen molar-refractivity contribution in [3.8, 4) is 5.75 Å². The summed E-state index contributed by atoms with van der Waals surface area (Å²) in [7, 11) is 0. The van der Waals surface area contributed by atoms with Gasteiger partial charge in [-0.3, -0.25) is 0 Å². The molecule has 78 valence electrons.